The Morgan fingerprint density at radius 3 is 1.51 bits per heavy atom. The van der Waals surface area contributed by atoms with Crippen molar-refractivity contribution in [2.24, 2.45) is 0 Å². The van der Waals surface area contributed by atoms with Crippen LogP contribution in [0.3, 0.4) is 0 Å². The van der Waals surface area contributed by atoms with E-state index in [0.29, 0.717) is 11.1 Å². The number of piperidine rings is 1. The lowest BCUT2D eigenvalue weighted by Crippen LogP contribution is -2.43. The molecular formula is C24H21N3O7S. The number of nitro groups is 2. The molecule has 1 aliphatic rings. The van der Waals surface area contributed by atoms with Gasteiger partial charge in [0.05, 0.1) is 26.8 Å². The quantitative estimate of drug-likeness (QED) is 0.358. The van der Waals surface area contributed by atoms with Crippen molar-refractivity contribution in [1.82, 2.24) is 4.31 Å². The number of rotatable bonds is 6. The molecule has 3 aromatic carbocycles. The minimum absolute atomic E-state index is 0.0382. The van der Waals surface area contributed by atoms with Gasteiger partial charge < -0.3 is 0 Å². The molecule has 0 radical (unpaired) electrons. The van der Waals surface area contributed by atoms with Crippen LogP contribution in [0, 0.1) is 27.2 Å². The molecule has 0 aliphatic carbocycles. The number of nitro benzene ring substituents is 2. The van der Waals surface area contributed by atoms with Crippen molar-refractivity contribution >= 4 is 27.2 Å². The Kier molecular flexibility index (Phi) is 6.46. The molecule has 0 saturated carbocycles. The zero-order valence-electron chi connectivity index (χ0n) is 18.6. The molecule has 1 fully saturated rings. The van der Waals surface area contributed by atoms with Gasteiger partial charge in [-0.15, -0.1) is 0 Å². The Labute approximate surface area is 201 Å². The highest BCUT2D eigenvalue weighted by Gasteiger charge is 2.44. The van der Waals surface area contributed by atoms with Crippen molar-refractivity contribution in [2.75, 3.05) is 0 Å². The summed E-state index contributed by atoms with van der Waals surface area (Å²) in [7, 11) is -4.14. The first kappa shape index (κ1) is 24.2. The van der Waals surface area contributed by atoms with Gasteiger partial charge in [0, 0.05) is 37.1 Å². The molecule has 0 aromatic heterocycles. The second kappa shape index (κ2) is 9.35. The van der Waals surface area contributed by atoms with Crippen LogP contribution in [0.25, 0.3) is 0 Å². The molecule has 3 aromatic rings. The lowest BCUT2D eigenvalue weighted by Gasteiger charge is -2.40. The summed E-state index contributed by atoms with van der Waals surface area (Å²) in [6, 6.07) is 15.4. The summed E-state index contributed by atoms with van der Waals surface area (Å²) in [5, 5.41) is 22.2. The molecule has 0 spiro atoms. The SMILES string of the molecule is Cc1ccc(S(=O)(=O)N2[C@@H](c3ccc([N+](=O)[O-])cc3)CC(=O)C[C@H]2c2ccc([N+](=O)[O-])cc2)cc1. The molecule has 35 heavy (non-hydrogen) atoms. The number of nitrogens with zero attached hydrogens (tertiary/aromatic N) is 3. The van der Waals surface area contributed by atoms with E-state index >= 15 is 0 Å². The topological polar surface area (TPSA) is 141 Å². The predicted molar refractivity (Wildman–Crippen MR) is 126 cm³/mol. The number of sulfonamides is 1. The molecule has 10 nitrogen and oxygen atoms in total. The van der Waals surface area contributed by atoms with Gasteiger partial charge in [-0.25, -0.2) is 8.42 Å². The zero-order valence-corrected chi connectivity index (χ0v) is 19.4. The second-order valence-electron chi connectivity index (χ2n) is 8.32. The van der Waals surface area contributed by atoms with Crippen LogP contribution in [0.15, 0.2) is 77.7 Å². The van der Waals surface area contributed by atoms with Crippen LogP contribution in [-0.4, -0.2) is 28.4 Å². The van der Waals surface area contributed by atoms with E-state index in [1.54, 1.807) is 12.1 Å². The maximum absolute atomic E-state index is 13.9. The standard InChI is InChI=1S/C24H21N3O7S/c1-16-2-12-22(13-3-16)35(33,34)25-23(17-4-8-19(9-5-17)26(29)30)14-21(28)15-24(25)18-6-10-20(11-7-18)27(31)32/h2-13,23-24H,14-15H2,1H3/t23-,24+. The lowest BCUT2D eigenvalue weighted by atomic mass is 9.89. The number of carbonyl (C=O) groups excluding carboxylic acids is 1. The van der Waals surface area contributed by atoms with Crippen LogP contribution in [0.1, 0.15) is 41.6 Å². The number of carbonyl (C=O) groups is 1. The molecule has 180 valence electrons. The summed E-state index contributed by atoms with van der Waals surface area (Å²) >= 11 is 0. The summed E-state index contributed by atoms with van der Waals surface area (Å²) in [5.41, 5.74) is 1.43. The normalized spacial score (nSPS) is 18.8. The van der Waals surface area contributed by atoms with Crippen LogP contribution in [0.5, 0.6) is 0 Å². The fraction of sp³-hybridized carbons (Fsp3) is 0.208. The van der Waals surface area contributed by atoms with Crippen LogP contribution in [0.4, 0.5) is 11.4 Å². The average molecular weight is 496 g/mol. The third kappa shape index (κ3) is 4.81. The molecular weight excluding hydrogens is 474 g/mol. The second-order valence-corrected chi connectivity index (χ2v) is 10.2. The summed E-state index contributed by atoms with van der Waals surface area (Å²) in [4.78, 5) is 33.9. The van der Waals surface area contributed by atoms with Crippen LogP contribution in [-0.2, 0) is 14.8 Å². The van der Waals surface area contributed by atoms with Crippen molar-refractivity contribution < 1.29 is 23.1 Å². The smallest absolute Gasteiger partial charge is 0.269 e. The first-order valence-electron chi connectivity index (χ1n) is 10.7. The largest absolute Gasteiger partial charge is 0.300 e. The number of benzene rings is 3. The van der Waals surface area contributed by atoms with Crippen LogP contribution >= 0.6 is 0 Å². The van der Waals surface area contributed by atoms with Crippen molar-refractivity contribution in [3.63, 3.8) is 0 Å². The van der Waals surface area contributed by atoms with Gasteiger partial charge in [0.25, 0.3) is 11.4 Å². The van der Waals surface area contributed by atoms with E-state index < -0.39 is 32.0 Å². The molecule has 0 bridgehead atoms. The summed E-state index contributed by atoms with van der Waals surface area (Å²) in [5.74, 6) is -0.188. The number of hydrogen-bond acceptors (Lipinski definition) is 7. The van der Waals surface area contributed by atoms with Crippen molar-refractivity contribution in [1.29, 1.82) is 0 Å². The van der Waals surface area contributed by atoms with Gasteiger partial charge in [0.2, 0.25) is 10.0 Å². The first-order valence-corrected chi connectivity index (χ1v) is 12.1. The molecule has 0 amide bonds. The van der Waals surface area contributed by atoms with Gasteiger partial charge in [-0.3, -0.25) is 25.0 Å². The Morgan fingerprint density at radius 2 is 1.14 bits per heavy atom. The van der Waals surface area contributed by atoms with Gasteiger partial charge in [-0.2, -0.15) is 4.31 Å². The molecule has 1 heterocycles. The summed E-state index contributed by atoms with van der Waals surface area (Å²) in [6.45, 7) is 1.83. The van der Waals surface area contributed by atoms with E-state index in [1.807, 2.05) is 6.92 Å². The molecule has 0 N–H and O–H groups in total. The number of non-ortho nitro benzene ring substituents is 2. The highest BCUT2D eigenvalue weighted by Crippen LogP contribution is 2.44. The van der Waals surface area contributed by atoms with Gasteiger partial charge in [0.1, 0.15) is 5.78 Å². The van der Waals surface area contributed by atoms with Crippen molar-refractivity contribution in [2.45, 2.75) is 36.7 Å². The Hall–Kier alpha value is -3.96. The van der Waals surface area contributed by atoms with Gasteiger partial charge in [0.15, 0.2) is 0 Å². The van der Waals surface area contributed by atoms with E-state index in [0.717, 1.165) is 5.56 Å². The van der Waals surface area contributed by atoms with Crippen LogP contribution in [0.2, 0.25) is 0 Å². The number of aryl methyl sites for hydroxylation is 1. The first-order chi connectivity index (χ1) is 16.6. The number of Topliss-reactive ketones (excluding diaryl/α,β-unsaturated/α-hetero) is 1. The number of ketones is 1. The minimum atomic E-state index is -4.14. The van der Waals surface area contributed by atoms with Gasteiger partial charge in [-0.1, -0.05) is 42.0 Å². The Bertz CT molecular complexity index is 1320. The molecule has 1 aliphatic heterocycles. The predicted octanol–water partition coefficient (Wildman–Crippen LogP) is 4.65. The van der Waals surface area contributed by atoms with Gasteiger partial charge in [-0.05, 0) is 30.2 Å². The monoisotopic (exact) mass is 495 g/mol. The zero-order chi connectivity index (χ0) is 25.3. The minimum Gasteiger partial charge on any atom is -0.300 e. The van der Waals surface area contributed by atoms with Gasteiger partial charge >= 0.3 is 0 Å². The van der Waals surface area contributed by atoms with E-state index in [4.69, 9.17) is 0 Å². The Morgan fingerprint density at radius 1 is 0.743 bits per heavy atom. The highest BCUT2D eigenvalue weighted by atomic mass is 32.2. The third-order valence-electron chi connectivity index (χ3n) is 6.03. The molecule has 4 rings (SSSR count). The molecule has 11 heteroatoms. The maximum atomic E-state index is 13.9. The van der Waals surface area contributed by atoms with Crippen molar-refractivity contribution in [3.05, 3.63) is 110 Å². The maximum Gasteiger partial charge on any atom is 0.269 e. The summed E-state index contributed by atoms with van der Waals surface area (Å²) in [6.07, 6.45) is -0.210. The Balaban J connectivity index is 1.86. The van der Waals surface area contributed by atoms with Crippen molar-refractivity contribution in [3.8, 4) is 0 Å². The van der Waals surface area contributed by atoms with E-state index in [-0.39, 0.29) is 34.9 Å². The van der Waals surface area contributed by atoms with E-state index in [9.17, 15) is 33.4 Å². The van der Waals surface area contributed by atoms with E-state index in [1.165, 1.54) is 65.0 Å². The fourth-order valence-electron chi connectivity index (χ4n) is 4.24. The van der Waals surface area contributed by atoms with E-state index in [2.05, 4.69) is 0 Å². The molecule has 0 unspecified atom stereocenters. The lowest BCUT2D eigenvalue weighted by molar-refractivity contribution is -0.385. The molecule has 1 saturated heterocycles. The highest BCUT2D eigenvalue weighted by molar-refractivity contribution is 7.89. The average Bonchev–Trinajstić information content (AvgIpc) is 2.83. The molecule has 2 atom stereocenters. The number of hydrogen-bond donors (Lipinski definition) is 0. The summed E-state index contributed by atoms with van der Waals surface area (Å²) < 4.78 is 29.1. The van der Waals surface area contributed by atoms with Crippen LogP contribution < -0.4 is 0 Å². The third-order valence-corrected chi connectivity index (χ3v) is 7.96. The fourth-order valence-corrected chi connectivity index (χ4v) is 6.03.